The van der Waals surface area contributed by atoms with Gasteiger partial charge in [0.2, 0.25) is 0 Å². The minimum Gasteiger partial charge on any atom is -0.411 e. The van der Waals surface area contributed by atoms with Crippen LogP contribution in [0.1, 0.15) is 16.8 Å². The number of thiazole rings is 1. The van der Waals surface area contributed by atoms with Crippen LogP contribution in [0.2, 0.25) is 0 Å². The Labute approximate surface area is 137 Å². The summed E-state index contributed by atoms with van der Waals surface area (Å²) in [6.07, 6.45) is -1.30. The fourth-order valence-electron chi connectivity index (χ4n) is 2.05. The molecule has 0 saturated carbocycles. The highest BCUT2D eigenvalue weighted by Gasteiger charge is 2.30. The maximum atomic E-state index is 12.7. The van der Waals surface area contributed by atoms with E-state index in [1.54, 1.807) is 16.7 Å². The first-order valence-corrected chi connectivity index (χ1v) is 8.27. The lowest BCUT2D eigenvalue weighted by Crippen LogP contribution is -2.04. The number of hydrogen-bond acceptors (Lipinski definition) is 5. The topological polar surface area (TPSA) is 49.9 Å². The largest absolute Gasteiger partial charge is 0.416 e. The quantitative estimate of drug-likeness (QED) is 0.323. The van der Waals surface area contributed by atoms with Gasteiger partial charge in [-0.05, 0) is 11.6 Å². The molecule has 0 aliphatic heterocycles. The first kappa shape index (κ1) is 15.9. The number of benzene rings is 1. The standard InChI is InChI=1S/C14H10F3N3OS2/c15-14(16,17)10-3-1-2-9(6-10)8-23-12-11(7-18-21)20-4-5-22-13(20)19-12/h1-7,21H,8H2/b18-7-. The zero-order valence-corrected chi connectivity index (χ0v) is 13.1. The molecule has 0 amide bonds. The third kappa shape index (κ3) is 3.35. The molecule has 3 rings (SSSR count). The van der Waals surface area contributed by atoms with Gasteiger partial charge in [0, 0.05) is 17.3 Å². The number of oxime groups is 1. The van der Waals surface area contributed by atoms with Crippen LogP contribution < -0.4 is 0 Å². The molecule has 4 nitrogen and oxygen atoms in total. The molecule has 0 saturated heterocycles. The average molecular weight is 357 g/mol. The Morgan fingerprint density at radius 1 is 1.39 bits per heavy atom. The first-order valence-electron chi connectivity index (χ1n) is 6.41. The monoisotopic (exact) mass is 357 g/mol. The van der Waals surface area contributed by atoms with Crippen molar-refractivity contribution in [1.82, 2.24) is 9.38 Å². The maximum Gasteiger partial charge on any atom is 0.416 e. The lowest BCUT2D eigenvalue weighted by molar-refractivity contribution is -0.137. The van der Waals surface area contributed by atoms with Gasteiger partial charge in [0.1, 0.15) is 10.7 Å². The molecule has 2 aromatic heterocycles. The highest BCUT2D eigenvalue weighted by atomic mass is 32.2. The summed E-state index contributed by atoms with van der Waals surface area (Å²) in [5, 5.41) is 14.2. The minimum atomic E-state index is -4.35. The van der Waals surface area contributed by atoms with Crippen LogP contribution in [0.5, 0.6) is 0 Å². The summed E-state index contributed by atoms with van der Waals surface area (Å²) in [7, 11) is 0. The van der Waals surface area contributed by atoms with E-state index in [0.29, 0.717) is 22.0 Å². The molecule has 0 atom stereocenters. The molecule has 1 aromatic carbocycles. The molecular weight excluding hydrogens is 347 g/mol. The van der Waals surface area contributed by atoms with Gasteiger partial charge in [-0.15, -0.1) is 11.3 Å². The van der Waals surface area contributed by atoms with E-state index in [4.69, 9.17) is 5.21 Å². The molecule has 1 N–H and O–H groups in total. The Morgan fingerprint density at radius 2 is 2.22 bits per heavy atom. The van der Waals surface area contributed by atoms with Gasteiger partial charge >= 0.3 is 6.18 Å². The molecule has 9 heteroatoms. The Balaban J connectivity index is 1.84. The molecule has 120 valence electrons. The van der Waals surface area contributed by atoms with Crippen molar-refractivity contribution in [3.8, 4) is 0 Å². The minimum absolute atomic E-state index is 0.334. The molecule has 0 radical (unpaired) electrons. The van der Waals surface area contributed by atoms with E-state index in [1.807, 2.05) is 5.38 Å². The lowest BCUT2D eigenvalue weighted by Gasteiger charge is -2.08. The summed E-state index contributed by atoms with van der Waals surface area (Å²) >= 11 is 2.72. The van der Waals surface area contributed by atoms with Crippen molar-refractivity contribution >= 4 is 34.3 Å². The summed E-state index contributed by atoms with van der Waals surface area (Å²) < 4.78 is 39.9. The number of imidazole rings is 1. The number of alkyl halides is 3. The summed E-state index contributed by atoms with van der Waals surface area (Å²) in [6, 6.07) is 5.21. The van der Waals surface area contributed by atoms with E-state index in [0.717, 1.165) is 17.1 Å². The van der Waals surface area contributed by atoms with E-state index < -0.39 is 11.7 Å². The number of fused-ring (bicyclic) bond motifs is 1. The number of nitrogens with zero attached hydrogens (tertiary/aromatic N) is 3. The molecule has 0 spiro atoms. The van der Waals surface area contributed by atoms with Crippen LogP contribution in [0.3, 0.4) is 0 Å². The number of aromatic nitrogens is 2. The summed E-state index contributed by atoms with van der Waals surface area (Å²) in [5.41, 5.74) is 0.479. The first-order chi connectivity index (χ1) is 11.0. The van der Waals surface area contributed by atoms with Crippen molar-refractivity contribution in [2.75, 3.05) is 0 Å². The van der Waals surface area contributed by atoms with Crippen molar-refractivity contribution in [2.24, 2.45) is 5.16 Å². The van der Waals surface area contributed by atoms with Gasteiger partial charge in [-0.3, -0.25) is 4.40 Å². The lowest BCUT2D eigenvalue weighted by atomic mass is 10.1. The maximum absolute atomic E-state index is 12.7. The third-order valence-corrected chi connectivity index (χ3v) is 4.88. The fourth-order valence-corrected chi connectivity index (χ4v) is 3.76. The van der Waals surface area contributed by atoms with Gasteiger partial charge < -0.3 is 5.21 Å². The van der Waals surface area contributed by atoms with E-state index >= 15 is 0 Å². The number of rotatable bonds is 4. The van der Waals surface area contributed by atoms with Gasteiger partial charge in [0.15, 0.2) is 4.96 Å². The third-order valence-electron chi connectivity index (χ3n) is 3.08. The van der Waals surface area contributed by atoms with Crippen LogP contribution in [0.4, 0.5) is 13.2 Å². The second-order valence-electron chi connectivity index (χ2n) is 4.59. The van der Waals surface area contributed by atoms with Gasteiger partial charge in [0.05, 0.1) is 11.8 Å². The molecule has 0 unspecified atom stereocenters. The number of thioether (sulfide) groups is 1. The highest BCUT2D eigenvalue weighted by Crippen LogP contribution is 2.32. The van der Waals surface area contributed by atoms with Crippen LogP contribution in [0.15, 0.2) is 46.0 Å². The Bertz CT molecular complexity index is 854. The zero-order chi connectivity index (χ0) is 16.4. The molecule has 0 aliphatic carbocycles. The van der Waals surface area contributed by atoms with Crippen molar-refractivity contribution in [3.63, 3.8) is 0 Å². The second-order valence-corrected chi connectivity index (χ2v) is 6.43. The Morgan fingerprint density at radius 3 is 2.96 bits per heavy atom. The fraction of sp³-hybridized carbons (Fsp3) is 0.143. The molecular formula is C14H10F3N3OS2. The number of hydrogen-bond donors (Lipinski definition) is 1. The van der Waals surface area contributed by atoms with E-state index in [1.165, 1.54) is 35.4 Å². The highest BCUT2D eigenvalue weighted by molar-refractivity contribution is 7.98. The van der Waals surface area contributed by atoms with Crippen molar-refractivity contribution in [1.29, 1.82) is 0 Å². The molecule has 2 heterocycles. The second kappa shape index (κ2) is 6.25. The van der Waals surface area contributed by atoms with E-state index in [9.17, 15) is 13.2 Å². The predicted molar refractivity (Wildman–Crippen MR) is 83.5 cm³/mol. The van der Waals surface area contributed by atoms with Gasteiger partial charge in [-0.2, -0.15) is 13.2 Å². The van der Waals surface area contributed by atoms with Gasteiger partial charge in [-0.25, -0.2) is 4.98 Å². The van der Waals surface area contributed by atoms with E-state index in [2.05, 4.69) is 10.1 Å². The van der Waals surface area contributed by atoms with Crippen LogP contribution in [0, 0.1) is 0 Å². The smallest absolute Gasteiger partial charge is 0.411 e. The summed E-state index contributed by atoms with van der Waals surface area (Å²) in [6.45, 7) is 0. The number of halogens is 3. The van der Waals surface area contributed by atoms with Crippen LogP contribution in [0.25, 0.3) is 4.96 Å². The summed E-state index contributed by atoms with van der Waals surface area (Å²) in [5.74, 6) is 0.334. The van der Waals surface area contributed by atoms with Crippen molar-refractivity contribution in [2.45, 2.75) is 17.0 Å². The normalized spacial score (nSPS) is 12.5. The van der Waals surface area contributed by atoms with Crippen molar-refractivity contribution < 1.29 is 18.4 Å². The molecule has 23 heavy (non-hydrogen) atoms. The van der Waals surface area contributed by atoms with Crippen LogP contribution in [-0.4, -0.2) is 20.8 Å². The van der Waals surface area contributed by atoms with Gasteiger partial charge in [-0.1, -0.05) is 35.1 Å². The van der Waals surface area contributed by atoms with Crippen molar-refractivity contribution in [3.05, 3.63) is 52.7 Å². The Hall–Kier alpha value is -2.00. The van der Waals surface area contributed by atoms with E-state index in [-0.39, 0.29) is 0 Å². The summed E-state index contributed by atoms with van der Waals surface area (Å²) in [4.78, 5) is 5.13. The van der Waals surface area contributed by atoms with Crippen LogP contribution in [-0.2, 0) is 11.9 Å². The molecule has 3 aromatic rings. The molecule has 0 aliphatic rings. The molecule has 0 fully saturated rings. The predicted octanol–water partition coefficient (Wildman–Crippen LogP) is 4.52. The average Bonchev–Trinajstić information content (AvgIpc) is 3.08. The molecule has 0 bridgehead atoms. The Kier molecular flexibility index (Phi) is 4.31. The SMILES string of the molecule is O/N=C\c1c(SCc2cccc(C(F)(F)F)c2)nc2sccn12. The van der Waals surface area contributed by atoms with Gasteiger partial charge in [0.25, 0.3) is 0 Å². The van der Waals surface area contributed by atoms with Crippen LogP contribution >= 0.6 is 23.1 Å². The zero-order valence-electron chi connectivity index (χ0n) is 11.5.